The van der Waals surface area contributed by atoms with E-state index in [1.54, 1.807) is 24.4 Å². The van der Waals surface area contributed by atoms with Gasteiger partial charge in [-0.25, -0.2) is 4.39 Å². The first-order valence-corrected chi connectivity index (χ1v) is 10.6. The lowest BCUT2D eigenvalue weighted by atomic mass is 9.98. The fourth-order valence-electron chi connectivity index (χ4n) is 3.93. The maximum Gasteiger partial charge on any atom is 0.131 e. The molecule has 0 radical (unpaired) electrons. The number of halogens is 1. The van der Waals surface area contributed by atoms with Crippen LogP contribution >= 0.6 is 0 Å². The topological polar surface area (TPSA) is 28.0 Å². The quantitative estimate of drug-likeness (QED) is 0.322. The molecule has 1 aliphatic heterocycles. The van der Waals surface area contributed by atoms with Crippen molar-refractivity contribution >= 4 is 23.3 Å². The molecule has 0 spiro atoms. The second kappa shape index (κ2) is 8.98. The van der Waals surface area contributed by atoms with Gasteiger partial charge in [0.15, 0.2) is 0 Å². The highest BCUT2D eigenvalue weighted by atomic mass is 19.1. The highest BCUT2D eigenvalue weighted by Gasteiger charge is 2.29. The van der Waals surface area contributed by atoms with Gasteiger partial charge in [0.2, 0.25) is 0 Å². The first kappa shape index (κ1) is 19.9. The maximum atomic E-state index is 13.9. The Hall–Kier alpha value is -4.05. The van der Waals surface area contributed by atoms with Crippen LogP contribution in [0.3, 0.4) is 0 Å². The van der Waals surface area contributed by atoms with Crippen LogP contribution in [-0.4, -0.2) is 11.9 Å². The average molecular weight is 420 g/mol. The Kier molecular flexibility index (Phi) is 5.58. The van der Waals surface area contributed by atoms with Crippen LogP contribution in [0.5, 0.6) is 0 Å². The van der Waals surface area contributed by atoms with Gasteiger partial charge in [0.1, 0.15) is 5.82 Å². The summed E-state index contributed by atoms with van der Waals surface area (Å²) in [6.45, 7) is 0. The molecule has 4 heteroatoms. The fourth-order valence-corrected chi connectivity index (χ4v) is 3.93. The van der Waals surface area contributed by atoms with E-state index in [1.807, 2.05) is 42.5 Å². The minimum Gasteiger partial charge on any atom is -0.257 e. The third-order valence-electron chi connectivity index (χ3n) is 5.55. The molecule has 0 fully saturated rings. The number of aliphatic imine (C=N–C) groups is 1. The molecular weight excluding hydrogens is 397 g/mol. The number of anilines is 1. The van der Waals surface area contributed by atoms with Crippen molar-refractivity contribution in [3.05, 3.63) is 132 Å². The fraction of sp³-hybridized carbons (Fsp3) is 0.0714. The zero-order chi connectivity index (χ0) is 21.8. The van der Waals surface area contributed by atoms with Crippen LogP contribution in [0.25, 0.3) is 0 Å². The molecule has 3 nitrogen and oxygen atoms in total. The molecule has 32 heavy (non-hydrogen) atoms. The van der Waals surface area contributed by atoms with Crippen molar-refractivity contribution in [1.29, 1.82) is 0 Å². The molecule has 0 aromatic heterocycles. The molecule has 0 saturated heterocycles. The molecule has 0 bridgehead atoms. The first-order chi connectivity index (χ1) is 15.8. The van der Waals surface area contributed by atoms with Crippen molar-refractivity contribution in [2.45, 2.75) is 12.5 Å². The van der Waals surface area contributed by atoms with E-state index >= 15 is 0 Å². The van der Waals surface area contributed by atoms with Gasteiger partial charge in [0.25, 0.3) is 0 Å². The van der Waals surface area contributed by atoms with E-state index in [0.717, 1.165) is 29.1 Å². The Balaban J connectivity index is 1.46. The zero-order valence-corrected chi connectivity index (χ0v) is 17.5. The number of hydrogen-bond acceptors (Lipinski definition) is 3. The summed E-state index contributed by atoms with van der Waals surface area (Å²) < 4.78 is 13.9. The number of benzene rings is 4. The molecule has 1 atom stereocenters. The normalized spacial score (nSPS) is 15.8. The molecule has 0 aliphatic carbocycles. The molecule has 5 rings (SSSR count). The predicted molar refractivity (Wildman–Crippen MR) is 129 cm³/mol. The van der Waals surface area contributed by atoms with Crippen molar-refractivity contribution in [3.8, 4) is 0 Å². The number of para-hydroxylation sites is 1. The van der Waals surface area contributed by atoms with E-state index in [0.29, 0.717) is 5.56 Å². The Morgan fingerprint density at radius 3 is 2.31 bits per heavy atom. The summed E-state index contributed by atoms with van der Waals surface area (Å²) in [4.78, 5) is 4.49. The minimum atomic E-state index is -0.281. The van der Waals surface area contributed by atoms with Crippen LogP contribution in [0.4, 0.5) is 15.8 Å². The van der Waals surface area contributed by atoms with Crippen LogP contribution in [0.15, 0.2) is 119 Å². The predicted octanol–water partition coefficient (Wildman–Crippen LogP) is 6.93. The van der Waals surface area contributed by atoms with Gasteiger partial charge in [0, 0.05) is 18.2 Å². The van der Waals surface area contributed by atoms with E-state index in [-0.39, 0.29) is 11.9 Å². The van der Waals surface area contributed by atoms with Gasteiger partial charge in [0.05, 0.1) is 23.1 Å². The SMILES string of the molecule is Fc1ccccc1C=Nc1cccc(C2=NN(c3ccccc3)C(c3ccccc3)C2)c1. The van der Waals surface area contributed by atoms with Gasteiger partial charge in [-0.05, 0) is 41.5 Å². The monoisotopic (exact) mass is 419 g/mol. The largest absolute Gasteiger partial charge is 0.257 e. The van der Waals surface area contributed by atoms with Gasteiger partial charge in [-0.15, -0.1) is 0 Å². The van der Waals surface area contributed by atoms with Gasteiger partial charge in [-0.1, -0.05) is 78.9 Å². The highest BCUT2D eigenvalue weighted by Crippen LogP contribution is 2.36. The summed E-state index contributed by atoms with van der Waals surface area (Å²) in [5, 5.41) is 7.10. The molecule has 0 amide bonds. The molecule has 4 aromatic carbocycles. The van der Waals surface area contributed by atoms with E-state index in [1.165, 1.54) is 11.6 Å². The lowest BCUT2D eigenvalue weighted by Gasteiger charge is -2.23. The van der Waals surface area contributed by atoms with Crippen molar-refractivity contribution in [1.82, 2.24) is 0 Å². The van der Waals surface area contributed by atoms with Gasteiger partial charge >= 0.3 is 0 Å². The van der Waals surface area contributed by atoms with E-state index in [9.17, 15) is 4.39 Å². The smallest absolute Gasteiger partial charge is 0.131 e. The average Bonchev–Trinajstić information content (AvgIpc) is 3.31. The number of rotatable bonds is 5. The van der Waals surface area contributed by atoms with Crippen molar-refractivity contribution in [2.75, 3.05) is 5.01 Å². The Bertz CT molecular complexity index is 1270. The van der Waals surface area contributed by atoms with E-state index in [4.69, 9.17) is 5.10 Å². The van der Waals surface area contributed by atoms with Crippen molar-refractivity contribution in [3.63, 3.8) is 0 Å². The Morgan fingerprint density at radius 2 is 1.53 bits per heavy atom. The lowest BCUT2D eigenvalue weighted by molar-refractivity contribution is 0.626. The van der Waals surface area contributed by atoms with Crippen LogP contribution in [0.1, 0.15) is 29.2 Å². The number of nitrogens with zero attached hydrogens (tertiary/aromatic N) is 3. The molecule has 156 valence electrons. The third-order valence-corrected chi connectivity index (χ3v) is 5.55. The summed E-state index contributed by atoms with van der Waals surface area (Å²) in [6.07, 6.45) is 2.35. The second-order valence-corrected chi connectivity index (χ2v) is 7.69. The van der Waals surface area contributed by atoms with Gasteiger partial charge < -0.3 is 0 Å². The molecule has 1 aliphatic rings. The minimum absolute atomic E-state index is 0.124. The Labute approximate surface area is 187 Å². The number of hydrazone groups is 1. The maximum absolute atomic E-state index is 13.9. The summed E-state index contributed by atoms with van der Waals surface area (Å²) >= 11 is 0. The number of hydrogen-bond donors (Lipinski definition) is 0. The van der Waals surface area contributed by atoms with Crippen molar-refractivity contribution < 1.29 is 4.39 Å². The second-order valence-electron chi connectivity index (χ2n) is 7.69. The van der Waals surface area contributed by atoms with Crippen LogP contribution in [0, 0.1) is 5.82 Å². The third kappa shape index (κ3) is 4.21. The highest BCUT2D eigenvalue weighted by molar-refractivity contribution is 6.04. The van der Waals surface area contributed by atoms with Crippen LogP contribution in [0.2, 0.25) is 0 Å². The molecular formula is C28H22FN3. The summed E-state index contributed by atoms with van der Waals surface area (Å²) in [7, 11) is 0. The summed E-state index contributed by atoms with van der Waals surface area (Å²) in [5.41, 5.74) is 5.55. The molecule has 1 unspecified atom stereocenters. The van der Waals surface area contributed by atoms with E-state index < -0.39 is 0 Å². The standard InChI is InChI=1S/C28H22FN3/c29-26-17-8-7-12-23(26)20-30-24-14-9-13-22(18-24)27-19-28(21-10-3-1-4-11-21)32(31-27)25-15-5-2-6-16-25/h1-18,20,28H,19H2. The van der Waals surface area contributed by atoms with Gasteiger partial charge in [-0.3, -0.25) is 10.0 Å². The van der Waals surface area contributed by atoms with Crippen LogP contribution in [-0.2, 0) is 0 Å². The lowest BCUT2D eigenvalue weighted by Crippen LogP contribution is -2.18. The first-order valence-electron chi connectivity index (χ1n) is 10.6. The van der Waals surface area contributed by atoms with E-state index in [2.05, 4.69) is 52.5 Å². The zero-order valence-electron chi connectivity index (χ0n) is 17.5. The summed E-state index contributed by atoms with van der Waals surface area (Å²) in [5.74, 6) is -0.281. The van der Waals surface area contributed by atoms with Gasteiger partial charge in [-0.2, -0.15) is 5.10 Å². The van der Waals surface area contributed by atoms with Crippen LogP contribution < -0.4 is 5.01 Å². The molecule has 1 heterocycles. The molecule has 4 aromatic rings. The van der Waals surface area contributed by atoms with Crippen molar-refractivity contribution in [2.24, 2.45) is 10.1 Å². The summed E-state index contributed by atoms with van der Waals surface area (Å²) in [6, 6.07) is 35.4. The molecule has 0 saturated carbocycles. The molecule has 0 N–H and O–H groups in total. The Morgan fingerprint density at radius 1 is 0.812 bits per heavy atom.